The van der Waals surface area contributed by atoms with E-state index < -0.39 is 0 Å². The van der Waals surface area contributed by atoms with Gasteiger partial charge in [0.05, 0.1) is 5.75 Å². The first kappa shape index (κ1) is 22.4. The highest BCUT2D eigenvalue weighted by atomic mass is 79.9. The molecule has 6 nitrogen and oxygen atoms in total. The second-order valence-electron chi connectivity index (χ2n) is 6.97. The molecule has 0 unspecified atom stereocenters. The number of aryl methyl sites for hydroxylation is 1. The van der Waals surface area contributed by atoms with Crippen LogP contribution in [0.5, 0.6) is 5.75 Å². The summed E-state index contributed by atoms with van der Waals surface area (Å²) in [6, 6.07) is 13.7. The van der Waals surface area contributed by atoms with Crippen molar-refractivity contribution in [1.82, 2.24) is 10.2 Å². The van der Waals surface area contributed by atoms with Crippen molar-refractivity contribution >= 4 is 39.3 Å². The lowest BCUT2D eigenvalue weighted by Gasteiger charge is -2.14. The van der Waals surface area contributed by atoms with Crippen LogP contribution in [-0.4, -0.2) is 21.9 Å². The van der Waals surface area contributed by atoms with Crippen molar-refractivity contribution in [3.05, 3.63) is 64.0 Å². The molecule has 30 heavy (non-hydrogen) atoms. The molecule has 1 amide bonds. The number of nitrogens with one attached hydrogen (secondary N) is 1. The van der Waals surface area contributed by atoms with E-state index in [1.807, 2.05) is 42.5 Å². The summed E-state index contributed by atoms with van der Waals surface area (Å²) in [4.78, 5) is 12.4. The second-order valence-corrected chi connectivity index (χ2v) is 8.81. The minimum atomic E-state index is -0.128. The van der Waals surface area contributed by atoms with Crippen LogP contribution in [0.3, 0.4) is 0 Å². The van der Waals surface area contributed by atoms with Crippen molar-refractivity contribution in [2.75, 3.05) is 11.1 Å². The van der Waals surface area contributed by atoms with E-state index >= 15 is 0 Å². The highest BCUT2D eigenvalue weighted by Gasteiger charge is 2.13. The summed E-state index contributed by atoms with van der Waals surface area (Å²) in [6.45, 7) is 6.47. The lowest BCUT2D eigenvalue weighted by Crippen LogP contribution is -2.15. The monoisotopic (exact) mass is 489 g/mol. The topological polar surface area (TPSA) is 77.2 Å². The summed E-state index contributed by atoms with van der Waals surface area (Å²) < 4.78 is 12.2. The molecule has 2 aromatic carbocycles. The SMILES string of the molecule is CCc1ccc(OCc2nnc(SCC(=O)Nc3ccc(Br)cc3C(C)C)o2)cc1. The Labute approximate surface area is 188 Å². The number of hydrogen-bond donors (Lipinski definition) is 1. The van der Waals surface area contributed by atoms with Gasteiger partial charge in [-0.1, -0.05) is 60.6 Å². The van der Waals surface area contributed by atoms with Gasteiger partial charge in [-0.3, -0.25) is 4.79 Å². The largest absolute Gasteiger partial charge is 0.484 e. The molecule has 0 spiro atoms. The van der Waals surface area contributed by atoms with Gasteiger partial charge in [0.2, 0.25) is 5.91 Å². The summed E-state index contributed by atoms with van der Waals surface area (Å²) in [6.07, 6.45) is 0.985. The molecule has 0 aliphatic heterocycles. The van der Waals surface area contributed by atoms with Crippen LogP contribution in [0.25, 0.3) is 0 Å². The van der Waals surface area contributed by atoms with E-state index in [0.717, 1.165) is 27.9 Å². The predicted octanol–water partition coefficient (Wildman–Crippen LogP) is 5.83. The number of hydrogen-bond acceptors (Lipinski definition) is 6. The lowest BCUT2D eigenvalue weighted by molar-refractivity contribution is -0.113. The van der Waals surface area contributed by atoms with E-state index in [4.69, 9.17) is 9.15 Å². The minimum Gasteiger partial charge on any atom is -0.484 e. The Kier molecular flexibility index (Phi) is 7.93. The Bertz CT molecular complexity index is 990. The van der Waals surface area contributed by atoms with Gasteiger partial charge in [0.15, 0.2) is 6.61 Å². The third-order valence-electron chi connectivity index (χ3n) is 4.38. The van der Waals surface area contributed by atoms with Crippen molar-refractivity contribution in [2.45, 2.75) is 44.9 Å². The Morgan fingerprint density at radius 2 is 1.97 bits per heavy atom. The van der Waals surface area contributed by atoms with Crippen LogP contribution in [-0.2, 0) is 17.8 Å². The molecular weight excluding hydrogens is 466 g/mol. The molecule has 0 bridgehead atoms. The van der Waals surface area contributed by atoms with Crippen LogP contribution in [0.4, 0.5) is 5.69 Å². The molecule has 0 saturated carbocycles. The molecular formula is C22H24BrN3O3S. The molecule has 3 rings (SSSR count). The average Bonchev–Trinajstić information content (AvgIpc) is 3.20. The Morgan fingerprint density at radius 3 is 2.67 bits per heavy atom. The maximum Gasteiger partial charge on any atom is 0.277 e. The van der Waals surface area contributed by atoms with Gasteiger partial charge >= 0.3 is 0 Å². The molecule has 0 aliphatic carbocycles. The van der Waals surface area contributed by atoms with E-state index in [1.54, 1.807) is 0 Å². The quantitative estimate of drug-likeness (QED) is 0.381. The molecule has 3 aromatic rings. The average molecular weight is 490 g/mol. The summed E-state index contributed by atoms with van der Waals surface area (Å²) >= 11 is 4.67. The number of rotatable bonds is 9. The fourth-order valence-electron chi connectivity index (χ4n) is 2.76. The number of anilines is 1. The Morgan fingerprint density at radius 1 is 1.20 bits per heavy atom. The maximum absolute atomic E-state index is 12.4. The highest BCUT2D eigenvalue weighted by molar-refractivity contribution is 9.10. The number of ether oxygens (including phenoxy) is 1. The Hall–Kier alpha value is -2.32. The highest BCUT2D eigenvalue weighted by Crippen LogP contribution is 2.28. The smallest absolute Gasteiger partial charge is 0.277 e. The van der Waals surface area contributed by atoms with Gasteiger partial charge in [0.25, 0.3) is 11.1 Å². The van der Waals surface area contributed by atoms with Gasteiger partial charge in [0.1, 0.15) is 5.75 Å². The number of amides is 1. The number of aromatic nitrogens is 2. The number of halogens is 1. The van der Waals surface area contributed by atoms with Gasteiger partial charge in [-0.2, -0.15) is 0 Å². The molecule has 0 saturated heterocycles. The standard InChI is InChI=1S/C22H24BrN3O3S/c1-4-15-5-8-17(9-6-15)28-12-21-25-26-22(29-21)30-13-20(27)24-19-10-7-16(23)11-18(19)14(2)3/h5-11,14H,4,12-13H2,1-3H3,(H,24,27). The number of carbonyl (C=O) groups excluding carboxylic acids is 1. The van der Waals surface area contributed by atoms with Gasteiger partial charge in [0, 0.05) is 10.2 Å². The molecule has 0 fully saturated rings. The molecule has 1 N–H and O–H groups in total. The number of thioether (sulfide) groups is 1. The summed E-state index contributed by atoms with van der Waals surface area (Å²) in [5.74, 6) is 1.45. The van der Waals surface area contributed by atoms with Crippen LogP contribution in [0.1, 0.15) is 43.7 Å². The van der Waals surface area contributed by atoms with Crippen LogP contribution in [0.2, 0.25) is 0 Å². The third-order valence-corrected chi connectivity index (χ3v) is 5.69. The third kappa shape index (κ3) is 6.34. The number of carbonyl (C=O) groups is 1. The number of benzene rings is 2. The molecule has 0 atom stereocenters. The first-order valence-corrected chi connectivity index (χ1v) is 11.5. The van der Waals surface area contributed by atoms with Crippen molar-refractivity contribution < 1.29 is 13.9 Å². The van der Waals surface area contributed by atoms with Gasteiger partial charge in [-0.05, 0) is 53.8 Å². The summed E-state index contributed by atoms with van der Waals surface area (Å²) in [5, 5.41) is 11.2. The van der Waals surface area contributed by atoms with Crippen molar-refractivity contribution in [2.24, 2.45) is 0 Å². The molecule has 158 valence electrons. The van der Waals surface area contributed by atoms with Gasteiger partial charge in [-0.15, -0.1) is 10.2 Å². The van der Waals surface area contributed by atoms with Crippen LogP contribution >= 0.6 is 27.7 Å². The fourth-order valence-corrected chi connectivity index (χ4v) is 3.72. The van der Waals surface area contributed by atoms with E-state index in [2.05, 4.69) is 52.2 Å². The normalized spacial score (nSPS) is 11.0. The summed E-state index contributed by atoms with van der Waals surface area (Å²) in [7, 11) is 0. The van der Waals surface area contributed by atoms with Crippen LogP contribution in [0, 0.1) is 0 Å². The zero-order valence-electron chi connectivity index (χ0n) is 17.1. The van der Waals surface area contributed by atoms with Crippen LogP contribution in [0.15, 0.2) is 56.6 Å². The lowest BCUT2D eigenvalue weighted by atomic mass is 10.0. The summed E-state index contributed by atoms with van der Waals surface area (Å²) in [5.41, 5.74) is 3.14. The minimum absolute atomic E-state index is 0.128. The predicted molar refractivity (Wildman–Crippen MR) is 122 cm³/mol. The van der Waals surface area contributed by atoms with Crippen molar-refractivity contribution in [3.63, 3.8) is 0 Å². The first-order valence-electron chi connectivity index (χ1n) is 9.70. The van der Waals surface area contributed by atoms with Gasteiger partial charge in [-0.25, -0.2) is 0 Å². The molecule has 1 heterocycles. The zero-order chi connectivity index (χ0) is 21.5. The molecule has 1 aromatic heterocycles. The van der Waals surface area contributed by atoms with E-state index in [9.17, 15) is 4.79 Å². The fraction of sp³-hybridized carbons (Fsp3) is 0.318. The Balaban J connectivity index is 1.49. The van der Waals surface area contributed by atoms with Crippen molar-refractivity contribution in [1.29, 1.82) is 0 Å². The van der Waals surface area contributed by atoms with E-state index in [0.29, 0.717) is 17.0 Å². The molecule has 0 radical (unpaired) electrons. The maximum atomic E-state index is 12.4. The van der Waals surface area contributed by atoms with E-state index in [1.165, 1.54) is 17.3 Å². The second kappa shape index (κ2) is 10.6. The molecule has 0 aliphatic rings. The first-order chi connectivity index (χ1) is 14.4. The molecule has 8 heteroatoms. The zero-order valence-corrected chi connectivity index (χ0v) is 19.5. The van der Waals surface area contributed by atoms with Gasteiger partial charge < -0.3 is 14.5 Å². The number of nitrogens with zero attached hydrogens (tertiary/aromatic N) is 2. The van der Waals surface area contributed by atoms with Crippen molar-refractivity contribution in [3.8, 4) is 5.75 Å². The van der Waals surface area contributed by atoms with Crippen LogP contribution < -0.4 is 10.1 Å². The van der Waals surface area contributed by atoms with E-state index in [-0.39, 0.29) is 18.3 Å².